The summed E-state index contributed by atoms with van der Waals surface area (Å²) in [6, 6.07) is 0. The molecule has 0 fully saturated rings. The van der Waals surface area contributed by atoms with E-state index >= 15 is 0 Å². The fourth-order valence-corrected chi connectivity index (χ4v) is 0.947. The molecule has 12 heavy (non-hydrogen) atoms. The first-order valence-corrected chi connectivity index (χ1v) is 4.18. The molecule has 0 atom stereocenters. The van der Waals surface area contributed by atoms with E-state index in [9.17, 15) is 9.18 Å². The first-order chi connectivity index (χ1) is 5.63. The summed E-state index contributed by atoms with van der Waals surface area (Å²) in [5, 5.41) is 8.28. The van der Waals surface area contributed by atoms with Crippen molar-refractivity contribution in [2.45, 2.75) is 38.5 Å². The van der Waals surface area contributed by atoms with Crippen molar-refractivity contribution in [2.75, 3.05) is 0 Å². The number of unbranched alkanes of at least 4 members (excludes halogenated alkanes) is 3. The molecule has 0 unspecified atom stereocenters. The maximum Gasteiger partial charge on any atom is 0.303 e. The van der Waals surface area contributed by atoms with Gasteiger partial charge in [-0.1, -0.05) is 19.4 Å². The molecule has 0 rings (SSSR count). The van der Waals surface area contributed by atoms with Crippen LogP contribution < -0.4 is 0 Å². The molecule has 0 aliphatic heterocycles. The Labute approximate surface area is 72.1 Å². The lowest BCUT2D eigenvalue weighted by Gasteiger charge is -1.97. The molecule has 0 bridgehead atoms. The van der Waals surface area contributed by atoms with E-state index in [0.29, 0.717) is 12.8 Å². The number of carboxylic acid groups (broad SMARTS) is 1. The summed E-state index contributed by atoms with van der Waals surface area (Å²) in [5.74, 6) is -1.04. The minimum Gasteiger partial charge on any atom is -0.481 e. The van der Waals surface area contributed by atoms with Gasteiger partial charge in [-0.2, -0.15) is 0 Å². The molecule has 0 saturated heterocycles. The van der Waals surface area contributed by atoms with Crippen LogP contribution in [0.4, 0.5) is 4.39 Å². The molecule has 0 aliphatic rings. The lowest BCUT2D eigenvalue weighted by atomic mass is 10.1. The van der Waals surface area contributed by atoms with Crippen LogP contribution >= 0.6 is 0 Å². The van der Waals surface area contributed by atoms with Gasteiger partial charge >= 0.3 is 5.97 Å². The van der Waals surface area contributed by atoms with E-state index < -0.39 is 5.97 Å². The summed E-state index contributed by atoms with van der Waals surface area (Å²) >= 11 is 0. The molecule has 0 saturated carbocycles. The van der Waals surface area contributed by atoms with Crippen LogP contribution in [0.15, 0.2) is 12.4 Å². The Kier molecular flexibility index (Phi) is 6.34. The molecule has 70 valence electrons. The summed E-state index contributed by atoms with van der Waals surface area (Å²) in [7, 11) is 0. The highest BCUT2D eigenvalue weighted by Gasteiger charge is 1.96. The van der Waals surface area contributed by atoms with Crippen LogP contribution in [-0.4, -0.2) is 11.1 Å². The molecule has 2 nitrogen and oxygen atoms in total. The van der Waals surface area contributed by atoms with E-state index in [1.54, 1.807) is 0 Å². The topological polar surface area (TPSA) is 37.3 Å². The predicted octanol–water partition coefficient (Wildman–Crippen LogP) is 2.89. The van der Waals surface area contributed by atoms with Gasteiger partial charge in [-0.15, -0.1) is 0 Å². The normalized spacial score (nSPS) is 9.75. The summed E-state index contributed by atoms with van der Waals surface area (Å²) in [6.07, 6.45) is 3.84. The molecule has 0 amide bonds. The first-order valence-electron chi connectivity index (χ1n) is 4.18. The van der Waals surface area contributed by atoms with Gasteiger partial charge in [0.1, 0.15) is 0 Å². The number of allylic oxidation sites excluding steroid dienone is 1. The highest BCUT2D eigenvalue weighted by molar-refractivity contribution is 5.66. The van der Waals surface area contributed by atoms with Gasteiger partial charge in [0.25, 0.3) is 0 Å². The second-order valence-corrected chi connectivity index (χ2v) is 2.83. The second-order valence-electron chi connectivity index (χ2n) is 2.83. The van der Waals surface area contributed by atoms with Gasteiger partial charge in [-0.05, 0) is 19.3 Å². The SMILES string of the molecule is C=C(F)CCCCCCC(=O)O. The molecule has 3 heteroatoms. The fraction of sp³-hybridized carbons (Fsp3) is 0.667. The van der Waals surface area contributed by atoms with Gasteiger partial charge in [-0.25, -0.2) is 4.39 Å². The number of carboxylic acids is 1. The van der Waals surface area contributed by atoms with E-state index in [2.05, 4.69) is 6.58 Å². The minimum absolute atomic E-state index is 0.219. The van der Waals surface area contributed by atoms with Gasteiger partial charge in [0, 0.05) is 6.42 Å². The standard InChI is InChI=1S/C9H15FO2/c1-8(10)6-4-2-3-5-7-9(11)12/h1-7H2,(H,11,12). The quantitative estimate of drug-likeness (QED) is 0.602. The van der Waals surface area contributed by atoms with Crippen molar-refractivity contribution < 1.29 is 14.3 Å². The van der Waals surface area contributed by atoms with Gasteiger partial charge < -0.3 is 5.11 Å². The summed E-state index contributed by atoms with van der Waals surface area (Å²) in [4.78, 5) is 10.1. The highest BCUT2D eigenvalue weighted by Crippen LogP contribution is 2.09. The lowest BCUT2D eigenvalue weighted by Crippen LogP contribution is -1.93. The monoisotopic (exact) mass is 174 g/mol. The third-order valence-corrected chi connectivity index (χ3v) is 1.59. The van der Waals surface area contributed by atoms with Crippen molar-refractivity contribution in [3.8, 4) is 0 Å². The maximum absolute atomic E-state index is 12.1. The molecular formula is C9H15FO2. The van der Waals surface area contributed by atoms with Crippen molar-refractivity contribution >= 4 is 5.97 Å². The largest absolute Gasteiger partial charge is 0.481 e. The molecule has 0 spiro atoms. The van der Waals surface area contributed by atoms with Crippen LogP contribution in [0, 0.1) is 0 Å². The third-order valence-electron chi connectivity index (χ3n) is 1.59. The van der Waals surface area contributed by atoms with Crippen LogP contribution in [0.3, 0.4) is 0 Å². The number of hydrogen-bond donors (Lipinski definition) is 1. The molecule has 0 aromatic carbocycles. The fourth-order valence-electron chi connectivity index (χ4n) is 0.947. The summed E-state index contributed by atoms with van der Waals surface area (Å²) in [5.41, 5.74) is 0. The van der Waals surface area contributed by atoms with Crippen molar-refractivity contribution in [3.05, 3.63) is 12.4 Å². The van der Waals surface area contributed by atoms with Crippen LogP contribution in [0.1, 0.15) is 38.5 Å². The van der Waals surface area contributed by atoms with E-state index in [-0.39, 0.29) is 12.2 Å². The third kappa shape index (κ3) is 9.14. The average molecular weight is 174 g/mol. The zero-order chi connectivity index (χ0) is 9.40. The number of rotatable bonds is 7. The van der Waals surface area contributed by atoms with Gasteiger partial charge in [0.15, 0.2) is 0 Å². The molecule has 0 aromatic rings. The maximum atomic E-state index is 12.1. The molecular weight excluding hydrogens is 159 g/mol. The Bertz CT molecular complexity index is 137. The van der Waals surface area contributed by atoms with Crippen molar-refractivity contribution in [1.29, 1.82) is 0 Å². The second kappa shape index (κ2) is 6.83. The van der Waals surface area contributed by atoms with E-state index in [1.807, 2.05) is 0 Å². The number of aliphatic carboxylic acids is 1. The van der Waals surface area contributed by atoms with Crippen molar-refractivity contribution in [1.82, 2.24) is 0 Å². The van der Waals surface area contributed by atoms with Crippen LogP contribution in [0.2, 0.25) is 0 Å². The molecule has 0 aliphatic carbocycles. The van der Waals surface area contributed by atoms with Gasteiger partial charge in [-0.3, -0.25) is 4.79 Å². The Balaban J connectivity index is 3.01. The molecule has 1 N–H and O–H groups in total. The Morgan fingerprint density at radius 1 is 1.17 bits per heavy atom. The first kappa shape index (κ1) is 11.1. The highest BCUT2D eigenvalue weighted by atomic mass is 19.1. The molecule has 0 aromatic heterocycles. The minimum atomic E-state index is -0.759. The summed E-state index contributed by atoms with van der Waals surface area (Å²) in [6.45, 7) is 3.14. The van der Waals surface area contributed by atoms with Crippen LogP contribution in [-0.2, 0) is 4.79 Å². The van der Waals surface area contributed by atoms with Crippen LogP contribution in [0.5, 0.6) is 0 Å². The number of carbonyl (C=O) groups is 1. The zero-order valence-electron chi connectivity index (χ0n) is 7.18. The van der Waals surface area contributed by atoms with Crippen LogP contribution in [0.25, 0.3) is 0 Å². The predicted molar refractivity (Wildman–Crippen MR) is 45.6 cm³/mol. The smallest absolute Gasteiger partial charge is 0.303 e. The van der Waals surface area contributed by atoms with Gasteiger partial charge in [0.2, 0.25) is 0 Å². The Hall–Kier alpha value is -0.860. The molecule has 0 radical (unpaired) electrons. The summed E-state index contributed by atoms with van der Waals surface area (Å²) < 4.78 is 12.1. The van der Waals surface area contributed by atoms with E-state index in [4.69, 9.17) is 5.11 Å². The number of hydrogen-bond acceptors (Lipinski definition) is 1. The average Bonchev–Trinajstić information content (AvgIpc) is 1.95. The van der Waals surface area contributed by atoms with Crippen molar-refractivity contribution in [2.24, 2.45) is 0 Å². The number of halogens is 1. The Morgan fingerprint density at radius 2 is 1.67 bits per heavy atom. The van der Waals surface area contributed by atoms with Gasteiger partial charge in [0.05, 0.1) is 5.83 Å². The van der Waals surface area contributed by atoms with E-state index in [0.717, 1.165) is 19.3 Å². The zero-order valence-corrected chi connectivity index (χ0v) is 7.18. The lowest BCUT2D eigenvalue weighted by molar-refractivity contribution is -0.137. The van der Waals surface area contributed by atoms with E-state index in [1.165, 1.54) is 0 Å². The van der Waals surface area contributed by atoms with Crippen molar-refractivity contribution in [3.63, 3.8) is 0 Å². The Morgan fingerprint density at radius 3 is 2.08 bits per heavy atom. The molecule has 0 heterocycles.